The molecule has 1 aliphatic heterocycles. The number of piperidine rings is 1. The number of likely N-dealkylation sites (tertiary alicyclic amines) is 1. The van der Waals surface area contributed by atoms with Crippen molar-refractivity contribution in [3.8, 4) is 0 Å². The fourth-order valence-corrected chi connectivity index (χ4v) is 4.10. The van der Waals surface area contributed by atoms with Crippen molar-refractivity contribution in [1.82, 2.24) is 4.90 Å². The number of hydrogen-bond donors (Lipinski definition) is 0. The Labute approximate surface area is 107 Å². The SMILES string of the molecule is [B]C1(C)CCC2C(=O)N(C)CCC2C(C)(C)C1. The summed E-state index contributed by atoms with van der Waals surface area (Å²) in [5, 5.41) is -0.111. The van der Waals surface area contributed by atoms with Crippen LogP contribution in [0.15, 0.2) is 0 Å². The van der Waals surface area contributed by atoms with Crippen LogP contribution in [0.25, 0.3) is 0 Å². The Morgan fingerprint density at radius 1 is 1.29 bits per heavy atom. The molecule has 0 aromatic heterocycles. The maximum Gasteiger partial charge on any atom is 0.225 e. The van der Waals surface area contributed by atoms with Gasteiger partial charge in [0.1, 0.15) is 0 Å². The van der Waals surface area contributed by atoms with Gasteiger partial charge in [0.2, 0.25) is 5.91 Å². The Hall–Kier alpha value is -0.465. The van der Waals surface area contributed by atoms with Crippen molar-refractivity contribution in [2.45, 2.75) is 51.8 Å². The molecule has 0 spiro atoms. The highest BCUT2D eigenvalue weighted by Crippen LogP contribution is 2.53. The van der Waals surface area contributed by atoms with E-state index in [9.17, 15) is 4.79 Å². The van der Waals surface area contributed by atoms with Crippen molar-refractivity contribution >= 4 is 13.8 Å². The van der Waals surface area contributed by atoms with Gasteiger partial charge in [0.05, 0.1) is 7.85 Å². The fourth-order valence-electron chi connectivity index (χ4n) is 4.10. The minimum Gasteiger partial charge on any atom is -0.346 e. The van der Waals surface area contributed by atoms with Crippen molar-refractivity contribution in [1.29, 1.82) is 0 Å². The summed E-state index contributed by atoms with van der Waals surface area (Å²) in [6.45, 7) is 7.63. The number of carbonyl (C=O) groups is 1. The summed E-state index contributed by atoms with van der Waals surface area (Å²) < 4.78 is 0. The third-order valence-corrected chi connectivity index (χ3v) is 4.84. The number of carbonyl (C=O) groups excluding carboxylic acids is 1. The highest BCUT2D eigenvalue weighted by molar-refractivity contribution is 6.14. The molecule has 1 aliphatic carbocycles. The number of fused-ring (bicyclic) bond motifs is 1. The van der Waals surface area contributed by atoms with E-state index in [-0.39, 0.29) is 16.6 Å². The second-order valence-corrected chi connectivity index (χ2v) is 7.12. The van der Waals surface area contributed by atoms with Crippen LogP contribution in [-0.2, 0) is 4.79 Å². The Morgan fingerprint density at radius 3 is 2.59 bits per heavy atom. The highest BCUT2D eigenvalue weighted by atomic mass is 16.2. The van der Waals surface area contributed by atoms with Crippen molar-refractivity contribution in [2.75, 3.05) is 13.6 Å². The molecule has 2 nitrogen and oxygen atoms in total. The topological polar surface area (TPSA) is 20.3 Å². The molecule has 1 saturated carbocycles. The van der Waals surface area contributed by atoms with E-state index >= 15 is 0 Å². The van der Waals surface area contributed by atoms with Gasteiger partial charge in [-0.3, -0.25) is 4.79 Å². The first-order valence-electron chi connectivity index (χ1n) is 6.77. The predicted octanol–water partition coefficient (Wildman–Crippen LogP) is 2.64. The van der Waals surface area contributed by atoms with Crippen molar-refractivity contribution in [3.63, 3.8) is 0 Å². The van der Waals surface area contributed by atoms with Gasteiger partial charge >= 0.3 is 0 Å². The normalized spacial score (nSPS) is 41.9. The summed E-state index contributed by atoms with van der Waals surface area (Å²) in [5.41, 5.74) is 0.182. The second-order valence-electron chi connectivity index (χ2n) is 7.12. The molecule has 3 atom stereocenters. The lowest BCUT2D eigenvalue weighted by Gasteiger charge is -2.44. The summed E-state index contributed by atoms with van der Waals surface area (Å²) in [5.74, 6) is 1.05. The zero-order chi connectivity index (χ0) is 12.8. The Bertz CT molecular complexity index is 324. The van der Waals surface area contributed by atoms with Crippen LogP contribution < -0.4 is 0 Å². The maximum atomic E-state index is 12.3. The van der Waals surface area contributed by atoms with Crippen LogP contribution >= 0.6 is 0 Å². The van der Waals surface area contributed by atoms with E-state index in [4.69, 9.17) is 7.85 Å². The Kier molecular flexibility index (Phi) is 3.08. The molecule has 1 heterocycles. The van der Waals surface area contributed by atoms with E-state index in [0.717, 1.165) is 32.2 Å². The van der Waals surface area contributed by atoms with Gasteiger partial charge in [-0.25, -0.2) is 0 Å². The zero-order valence-corrected chi connectivity index (χ0v) is 11.6. The molecular formula is C14H24BNO. The summed E-state index contributed by atoms with van der Waals surface area (Å²) in [6.07, 6.45) is 4.09. The minimum absolute atomic E-state index is 0.111. The standard InChI is InChI=1S/C14H24BNO/c1-13(2)9-14(3,15)7-5-10-11(13)6-8-16(4)12(10)17/h10-11H,5-9H2,1-4H3. The average molecular weight is 233 g/mol. The molecule has 17 heavy (non-hydrogen) atoms. The van der Waals surface area contributed by atoms with Crippen molar-refractivity contribution in [3.05, 3.63) is 0 Å². The zero-order valence-electron chi connectivity index (χ0n) is 11.6. The number of rotatable bonds is 0. The van der Waals surface area contributed by atoms with E-state index < -0.39 is 0 Å². The van der Waals surface area contributed by atoms with Crippen LogP contribution in [-0.4, -0.2) is 32.2 Å². The first-order chi connectivity index (χ1) is 7.73. The van der Waals surface area contributed by atoms with Gasteiger partial charge in [0.25, 0.3) is 0 Å². The molecule has 2 rings (SSSR count). The van der Waals surface area contributed by atoms with Gasteiger partial charge in [-0.2, -0.15) is 0 Å². The molecule has 1 amide bonds. The lowest BCUT2D eigenvalue weighted by Crippen LogP contribution is -2.47. The largest absolute Gasteiger partial charge is 0.346 e. The second kappa shape index (κ2) is 4.03. The molecule has 3 heteroatoms. The molecule has 2 aliphatic rings. The van der Waals surface area contributed by atoms with Gasteiger partial charge in [-0.05, 0) is 24.2 Å². The van der Waals surface area contributed by atoms with Crippen molar-refractivity contribution in [2.24, 2.45) is 17.3 Å². The van der Waals surface area contributed by atoms with Gasteiger partial charge in [-0.1, -0.05) is 38.9 Å². The van der Waals surface area contributed by atoms with Gasteiger partial charge in [-0.15, -0.1) is 0 Å². The summed E-state index contributed by atoms with van der Waals surface area (Å²) in [4.78, 5) is 14.2. The minimum atomic E-state index is -0.111. The predicted molar refractivity (Wildman–Crippen MR) is 71.0 cm³/mol. The van der Waals surface area contributed by atoms with E-state index in [1.165, 1.54) is 0 Å². The first-order valence-corrected chi connectivity index (χ1v) is 6.77. The molecular weight excluding hydrogens is 209 g/mol. The quantitative estimate of drug-likeness (QED) is 0.589. The number of hydrogen-bond acceptors (Lipinski definition) is 1. The summed E-state index contributed by atoms with van der Waals surface area (Å²) in [7, 11) is 8.29. The fraction of sp³-hybridized carbons (Fsp3) is 0.929. The molecule has 3 unspecified atom stereocenters. The van der Waals surface area contributed by atoms with Gasteiger partial charge in [0.15, 0.2) is 0 Å². The van der Waals surface area contributed by atoms with Gasteiger partial charge in [0, 0.05) is 19.5 Å². The van der Waals surface area contributed by atoms with Crippen LogP contribution in [0.1, 0.15) is 46.5 Å². The van der Waals surface area contributed by atoms with Crippen LogP contribution in [0.3, 0.4) is 0 Å². The molecule has 2 fully saturated rings. The number of amides is 1. The molecule has 2 radical (unpaired) electrons. The Balaban J connectivity index is 2.29. The van der Waals surface area contributed by atoms with E-state index in [1.54, 1.807) is 0 Å². The van der Waals surface area contributed by atoms with Gasteiger partial charge < -0.3 is 4.90 Å². The highest BCUT2D eigenvalue weighted by Gasteiger charge is 2.47. The monoisotopic (exact) mass is 233 g/mol. The smallest absolute Gasteiger partial charge is 0.225 e. The molecule has 0 bridgehead atoms. The maximum absolute atomic E-state index is 12.3. The molecule has 0 aromatic carbocycles. The molecule has 0 aromatic rings. The lowest BCUT2D eigenvalue weighted by atomic mass is 9.59. The summed E-state index contributed by atoms with van der Waals surface area (Å²) in [6, 6.07) is 0. The van der Waals surface area contributed by atoms with Crippen LogP contribution in [0.2, 0.25) is 5.31 Å². The van der Waals surface area contributed by atoms with E-state index in [0.29, 0.717) is 11.8 Å². The van der Waals surface area contributed by atoms with Crippen molar-refractivity contribution < 1.29 is 4.79 Å². The van der Waals surface area contributed by atoms with E-state index in [2.05, 4.69) is 20.8 Å². The molecule has 94 valence electrons. The van der Waals surface area contributed by atoms with E-state index in [1.807, 2.05) is 11.9 Å². The first kappa shape index (κ1) is 13.0. The third-order valence-electron chi connectivity index (χ3n) is 4.84. The molecule has 0 N–H and O–H groups in total. The van der Waals surface area contributed by atoms with Crippen LogP contribution in [0, 0.1) is 17.3 Å². The summed E-state index contributed by atoms with van der Waals surface area (Å²) >= 11 is 0. The number of nitrogens with zero attached hydrogens (tertiary/aromatic N) is 1. The Morgan fingerprint density at radius 2 is 1.94 bits per heavy atom. The van der Waals surface area contributed by atoms with Crippen LogP contribution in [0.4, 0.5) is 0 Å². The molecule has 1 saturated heterocycles. The average Bonchev–Trinajstić information content (AvgIpc) is 2.26. The van der Waals surface area contributed by atoms with Crippen LogP contribution in [0.5, 0.6) is 0 Å². The third kappa shape index (κ3) is 2.39. The lowest BCUT2D eigenvalue weighted by molar-refractivity contribution is -0.142.